The normalized spacial score (nSPS) is 12.8. The summed E-state index contributed by atoms with van der Waals surface area (Å²) < 4.78 is 2.23. The average molecular weight is 277 g/mol. The van der Waals surface area contributed by atoms with Crippen molar-refractivity contribution < 1.29 is 0 Å². The van der Waals surface area contributed by atoms with Gasteiger partial charge in [0.1, 0.15) is 6.04 Å². The molecule has 3 nitrogen and oxygen atoms in total. The minimum Gasteiger partial charge on any atom is -0.299 e. The lowest BCUT2D eigenvalue weighted by Gasteiger charge is -2.12. The first kappa shape index (κ1) is 13.3. The molecule has 0 fully saturated rings. The van der Waals surface area contributed by atoms with Gasteiger partial charge in [-0.2, -0.15) is 5.26 Å². The zero-order chi connectivity index (χ0) is 13.0. The Morgan fingerprint density at radius 1 is 1.44 bits per heavy atom. The van der Waals surface area contributed by atoms with Crippen LogP contribution in [0.25, 0.3) is 10.2 Å². The molecule has 94 valence electrons. The van der Waals surface area contributed by atoms with Crippen molar-refractivity contribution in [1.82, 2.24) is 10.3 Å². The van der Waals surface area contributed by atoms with Crippen LogP contribution in [0.1, 0.15) is 13.8 Å². The first-order chi connectivity index (χ1) is 8.69. The van der Waals surface area contributed by atoms with Crippen molar-refractivity contribution in [2.75, 3.05) is 5.75 Å². The number of aromatic nitrogens is 1. The Hall–Kier alpha value is -1.09. The van der Waals surface area contributed by atoms with E-state index in [9.17, 15) is 0 Å². The molecule has 0 aliphatic carbocycles. The number of hydrogen-bond acceptors (Lipinski definition) is 5. The highest BCUT2D eigenvalue weighted by Gasteiger charge is 2.11. The van der Waals surface area contributed by atoms with E-state index in [2.05, 4.69) is 22.4 Å². The summed E-state index contributed by atoms with van der Waals surface area (Å²) in [5, 5.41) is 12.3. The van der Waals surface area contributed by atoms with Crippen molar-refractivity contribution in [2.24, 2.45) is 0 Å². The zero-order valence-corrected chi connectivity index (χ0v) is 12.0. The molecule has 0 saturated heterocycles. The molecule has 1 aromatic carbocycles. The number of para-hydroxylation sites is 1. The van der Waals surface area contributed by atoms with E-state index < -0.39 is 0 Å². The Morgan fingerprint density at radius 3 is 2.89 bits per heavy atom. The van der Waals surface area contributed by atoms with E-state index in [0.717, 1.165) is 15.6 Å². The second kappa shape index (κ2) is 6.19. The molecule has 1 unspecified atom stereocenters. The fourth-order valence-corrected chi connectivity index (χ4v) is 3.64. The lowest BCUT2D eigenvalue weighted by molar-refractivity contribution is 0.560. The summed E-state index contributed by atoms with van der Waals surface area (Å²) in [5.41, 5.74) is 1.04. The molecule has 0 spiro atoms. The molecule has 5 heteroatoms. The van der Waals surface area contributed by atoms with Crippen molar-refractivity contribution in [3.8, 4) is 6.07 Å². The molecule has 2 aromatic rings. The third kappa shape index (κ3) is 3.45. The van der Waals surface area contributed by atoms with Crippen LogP contribution in [0, 0.1) is 11.3 Å². The third-order valence-electron chi connectivity index (χ3n) is 2.34. The third-order valence-corrected chi connectivity index (χ3v) is 4.61. The van der Waals surface area contributed by atoms with Crippen LogP contribution in [0.15, 0.2) is 28.6 Å². The Morgan fingerprint density at radius 2 is 2.22 bits per heavy atom. The SMILES string of the molecule is CC(C)NC(C#N)CSc1nc2ccccc2s1. The lowest BCUT2D eigenvalue weighted by Crippen LogP contribution is -2.35. The number of rotatable bonds is 5. The highest BCUT2D eigenvalue weighted by Crippen LogP contribution is 2.29. The Bertz CT molecular complexity index is 524. The van der Waals surface area contributed by atoms with Crippen molar-refractivity contribution >= 4 is 33.3 Å². The molecule has 0 amide bonds. The van der Waals surface area contributed by atoms with E-state index in [0.29, 0.717) is 6.04 Å². The fraction of sp³-hybridized carbons (Fsp3) is 0.385. The predicted molar refractivity (Wildman–Crippen MR) is 78.0 cm³/mol. The van der Waals surface area contributed by atoms with Crippen LogP contribution in [0.3, 0.4) is 0 Å². The quantitative estimate of drug-likeness (QED) is 0.852. The van der Waals surface area contributed by atoms with Crippen LogP contribution in [-0.2, 0) is 0 Å². The summed E-state index contributed by atoms with van der Waals surface area (Å²) in [7, 11) is 0. The van der Waals surface area contributed by atoms with E-state index in [-0.39, 0.29) is 6.04 Å². The number of thiazole rings is 1. The fourth-order valence-electron chi connectivity index (χ4n) is 1.59. The summed E-state index contributed by atoms with van der Waals surface area (Å²) in [5.74, 6) is 0.731. The standard InChI is InChI=1S/C13H15N3S2/c1-9(2)15-10(7-14)8-17-13-16-11-5-3-4-6-12(11)18-13/h3-6,9-10,15H,8H2,1-2H3. The van der Waals surface area contributed by atoms with Crippen molar-refractivity contribution in [2.45, 2.75) is 30.3 Å². The van der Waals surface area contributed by atoms with Gasteiger partial charge in [-0.25, -0.2) is 4.98 Å². The van der Waals surface area contributed by atoms with Crippen LogP contribution >= 0.6 is 23.1 Å². The van der Waals surface area contributed by atoms with Crippen molar-refractivity contribution in [3.63, 3.8) is 0 Å². The second-order valence-electron chi connectivity index (χ2n) is 4.26. The topological polar surface area (TPSA) is 48.7 Å². The van der Waals surface area contributed by atoms with E-state index in [4.69, 9.17) is 5.26 Å². The number of thioether (sulfide) groups is 1. The first-order valence-corrected chi connectivity index (χ1v) is 7.63. The molecule has 0 aliphatic rings. The van der Waals surface area contributed by atoms with E-state index in [1.54, 1.807) is 23.1 Å². The van der Waals surface area contributed by atoms with Crippen molar-refractivity contribution in [3.05, 3.63) is 24.3 Å². The van der Waals surface area contributed by atoms with Crippen molar-refractivity contribution in [1.29, 1.82) is 5.26 Å². The van der Waals surface area contributed by atoms with E-state index in [1.165, 1.54) is 4.70 Å². The molecule has 0 saturated carbocycles. The van der Waals surface area contributed by atoms with Gasteiger partial charge in [0.2, 0.25) is 0 Å². The number of nitrogens with one attached hydrogen (secondary N) is 1. The van der Waals surface area contributed by atoms with Gasteiger partial charge >= 0.3 is 0 Å². The van der Waals surface area contributed by atoms with Crippen LogP contribution < -0.4 is 5.32 Å². The van der Waals surface area contributed by atoms with Crippen LogP contribution in [0.2, 0.25) is 0 Å². The first-order valence-electron chi connectivity index (χ1n) is 5.83. The van der Waals surface area contributed by atoms with Gasteiger partial charge in [0.05, 0.1) is 16.3 Å². The molecular formula is C13H15N3S2. The van der Waals surface area contributed by atoms with E-state index >= 15 is 0 Å². The maximum Gasteiger partial charge on any atom is 0.151 e. The summed E-state index contributed by atoms with van der Waals surface area (Å²) in [6.07, 6.45) is 0. The van der Waals surface area contributed by atoms with Gasteiger partial charge in [-0.15, -0.1) is 11.3 Å². The molecule has 2 rings (SSSR count). The molecule has 1 atom stereocenters. The summed E-state index contributed by atoms with van der Waals surface area (Å²) in [4.78, 5) is 4.54. The number of nitrogens with zero attached hydrogens (tertiary/aromatic N) is 2. The summed E-state index contributed by atoms with van der Waals surface area (Å²) >= 11 is 3.33. The van der Waals surface area contributed by atoms with Gasteiger partial charge in [-0.05, 0) is 26.0 Å². The number of fused-ring (bicyclic) bond motifs is 1. The predicted octanol–water partition coefficient (Wildman–Crippen LogP) is 3.28. The molecule has 1 N–H and O–H groups in total. The highest BCUT2D eigenvalue weighted by atomic mass is 32.2. The monoisotopic (exact) mass is 277 g/mol. The Balaban J connectivity index is 1.99. The molecule has 1 aromatic heterocycles. The molecule has 0 aliphatic heterocycles. The smallest absolute Gasteiger partial charge is 0.151 e. The molecule has 0 bridgehead atoms. The minimum atomic E-state index is -0.123. The number of nitriles is 1. The van der Waals surface area contributed by atoms with Crippen LogP contribution in [-0.4, -0.2) is 22.8 Å². The van der Waals surface area contributed by atoms with Crippen LogP contribution in [0.5, 0.6) is 0 Å². The molecule has 18 heavy (non-hydrogen) atoms. The maximum atomic E-state index is 9.05. The Kier molecular flexibility index (Phi) is 4.59. The van der Waals surface area contributed by atoms with Gasteiger partial charge in [0, 0.05) is 11.8 Å². The largest absolute Gasteiger partial charge is 0.299 e. The van der Waals surface area contributed by atoms with Crippen LogP contribution in [0.4, 0.5) is 0 Å². The summed E-state index contributed by atoms with van der Waals surface area (Å²) in [6.45, 7) is 4.10. The molecule has 1 heterocycles. The summed E-state index contributed by atoms with van der Waals surface area (Å²) in [6, 6.07) is 10.6. The second-order valence-corrected chi connectivity index (χ2v) is 6.56. The average Bonchev–Trinajstić information content (AvgIpc) is 2.76. The van der Waals surface area contributed by atoms with Gasteiger partial charge in [-0.3, -0.25) is 5.32 Å². The number of benzene rings is 1. The Labute approximate surface area is 115 Å². The number of hydrogen-bond donors (Lipinski definition) is 1. The minimum absolute atomic E-state index is 0.123. The molecular weight excluding hydrogens is 262 g/mol. The maximum absolute atomic E-state index is 9.05. The van der Waals surface area contributed by atoms with Gasteiger partial charge < -0.3 is 0 Å². The highest BCUT2D eigenvalue weighted by molar-refractivity contribution is 8.01. The van der Waals surface area contributed by atoms with Gasteiger partial charge in [0.15, 0.2) is 4.34 Å². The zero-order valence-electron chi connectivity index (χ0n) is 10.4. The van der Waals surface area contributed by atoms with Gasteiger partial charge in [0.25, 0.3) is 0 Å². The molecule has 0 radical (unpaired) electrons. The van der Waals surface area contributed by atoms with E-state index in [1.807, 2.05) is 32.0 Å². The van der Waals surface area contributed by atoms with Gasteiger partial charge in [-0.1, -0.05) is 23.9 Å². The lowest BCUT2D eigenvalue weighted by atomic mass is 10.3.